The van der Waals surface area contributed by atoms with Gasteiger partial charge in [-0.15, -0.1) is 0 Å². The number of amides is 1. The Morgan fingerprint density at radius 1 is 1.61 bits per heavy atom. The quantitative estimate of drug-likeness (QED) is 0.897. The van der Waals surface area contributed by atoms with Gasteiger partial charge in [0.2, 0.25) is 0 Å². The van der Waals surface area contributed by atoms with Gasteiger partial charge in [-0.1, -0.05) is 6.07 Å². The van der Waals surface area contributed by atoms with Crippen molar-refractivity contribution >= 4 is 21.8 Å². The molecule has 1 atom stereocenters. The molecule has 0 aromatic heterocycles. The number of benzene rings is 1. The average Bonchev–Trinajstić information content (AvgIpc) is 2.38. The molecule has 0 spiro atoms. The number of carbonyl (C=O) groups excluding carboxylic acids is 1. The minimum atomic E-state index is -0.572. The Kier molecular flexibility index (Phi) is 4.31. The van der Waals surface area contributed by atoms with Crippen LogP contribution in [0.1, 0.15) is 10.4 Å². The van der Waals surface area contributed by atoms with Gasteiger partial charge in [-0.25, -0.2) is 4.39 Å². The maximum absolute atomic E-state index is 13.7. The van der Waals surface area contributed by atoms with E-state index in [9.17, 15) is 14.3 Å². The van der Waals surface area contributed by atoms with Gasteiger partial charge in [-0.2, -0.15) is 0 Å². The minimum absolute atomic E-state index is 0.00199. The summed E-state index contributed by atoms with van der Waals surface area (Å²) in [6, 6.07) is 3.97. The van der Waals surface area contributed by atoms with Crippen LogP contribution in [0, 0.1) is 5.82 Å². The van der Waals surface area contributed by atoms with Crippen LogP contribution >= 0.6 is 15.9 Å². The molecule has 18 heavy (non-hydrogen) atoms. The van der Waals surface area contributed by atoms with Crippen LogP contribution in [-0.4, -0.2) is 48.3 Å². The molecular formula is C12H13BrFNO3. The van der Waals surface area contributed by atoms with Gasteiger partial charge in [0.1, 0.15) is 5.82 Å². The van der Waals surface area contributed by atoms with Gasteiger partial charge in [0, 0.05) is 11.0 Å². The van der Waals surface area contributed by atoms with Crippen molar-refractivity contribution in [3.63, 3.8) is 0 Å². The monoisotopic (exact) mass is 317 g/mol. The van der Waals surface area contributed by atoms with Crippen LogP contribution < -0.4 is 0 Å². The number of aliphatic hydroxyl groups excluding tert-OH is 1. The first-order chi connectivity index (χ1) is 8.65. The number of carbonyl (C=O) groups is 1. The van der Waals surface area contributed by atoms with Crippen LogP contribution in [0.2, 0.25) is 0 Å². The third kappa shape index (κ3) is 2.55. The molecule has 4 nitrogen and oxygen atoms in total. The van der Waals surface area contributed by atoms with Crippen LogP contribution in [0.25, 0.3) is 0 Å². The van der Waals surface area contributed by atoms with E-state index in [4.69, 9.17) is 4.74 Å². The lowest BCUT2D eigenvalue weighted by molar-refractivity contribution is -0.0186. The second-order valence-electron chi connectivity index (χ2n) is 4.01. The maximum Gasteiger partial charge on any atom is 0.258 e. The summed E-state index contributed by atoms with van der Waals surface area (Å²) in [6.07, 6.45) is 0. The zero-order valence-electron chi connectivity index (χ0n) is 9.60. The van der Waals surface area contributed by atoms with Crippen molar-refractivity contribution < 1.29 is 19.0 Å². The number of rotatable bonds is 2. The molecule has 1 fully saturated rings. The van der Waals surface area contributed by atoms with Gasteiger partial charge >= 0.3 is 0 Å². The van der Waals surface area contributed by atoms with Crippen molar-refractivity contribution in [2.75, 3.05) is 26.4 Å². The largest absolute Gasteiger partial charge is 0.394 e. The number of hydrogen-bond acceptors (Lipinski definition) is 3. The maximum atomic E-state index is 13.7. The van der Waals surface area contributed by atoms with Crippen molar-refractivity contribution in [3.8, 4) is 0 Å². The van der Waals surface area contributed by atoms with E-state index in [0.29, 0.717) is 17.6 Å². The lowest BCUT2D eigenvalue weighted by Gasteiger charge is -2.34. The van der Waals surface area contributed by atoms with Gasteiger partial charge < -0.3 is 14.7 Å². The summed E-state index contributed by atoms with van der Waals surface area (Å²) in [5, 5.41) is 9.22. The topological polar surface area (TPSA) is 49.8 Å². The van der Waals surface area contributed by atoms with E-state index in [1.807, 2.05) is 0 Å². The van der Waals surface area contributed by atoms with E-state index in [0.717, 1.165) is 0 Å². The van der Waals surface area contributed by atoms with Crippen LogP contribution in [-0.2, 0) is 4.74 Å². The molecule has 1 aromatic carbocycles. The smallest absolute Gasteiger partial charge is 0.258 e. The van der Waals surface area contributed by atoms with E-state index in [2.05, 4.69) is 15.9 Å². The lowest BCUT2D eigenvalue weighted by atomic mass is 10.1. The molecule has 1 heterocycles. The Labute approximate surface area is 112 Å². The summed E-state index contributed by atoms with van der Waals surface area (Å²) >= 11 is 3.17. The summed E-state index contributed by atoms with van der Waals surface area (Å²) in [5.41, 5.74) is -0.00199. The predicted molar refractivity (Wildman–Crippen MR) is 66.8 cm³/mol. The third-order valence-electron chi connectivity index (χ3n) is 2.88. The number of aliphatic hydroxyl groups is 1. The number of nitrogens with zero attached hydrogens (tertiary/aromatic N) is 1. The van der Waals surface area contributed by atoms with Crippen molar-refractivity contribution in [1.82, 2.24) is 4.90 Å². The highest BCUT2D eigenvalue weighted by Crippen LogP contribution is 2.23. The minimum Gasteiger partial charge on any atom is -0.394 e. The van der Waals surface area contributed by atoms with E-state index in [1.54, 1.807) is 6.07 Å². The van der Waals surface area contributed by atoms with Crippen molar-refractivity contribution in [2.24, 2.45) is 0 Å². The summed E-state index contributed by atoms with van der Waals surface area (Å²) in [5.74, 6) is -1.00. The average molecular weight is 318 g/mol. The highest BCUT2D eigenvalue weighted by Gasteiger charge is 2.30. The lowest BCUT2D eigenvalue weighted by Crippen LogP contribution is -2.50. The number of halogens is 2. The van der Waals surface area contributed by atoms with Crippen LogP contribution in [0.3, 0.4) is 0 Å². The van der Waals surface area contributed by atoms with E-state index >= 15 is 0 Å². The molecule has 0 saturated carbocycles. The SMILES string of the molecule is O=C(c1c(F)cccc1Br)N1CCOCC1CO. The van der Waals surface area contributed by atoms with Crippen LogP contribution in [0.15, 0.2) is 22.7 Å². The fraction of sp³-hybridized carbons (Fsp3) is 0.417. The van der Waals surface area contributed by atoms with Gasteiger partial charge in [0.05, 0.1) is 31.4 Å². The highest BCUT2D eigenvalue weighted by atomic mass is 79.9. The fourth-order valence-electron chi connectivity index (χ4n) is 1.92. The summed E-state index contributed by atoms with van der Waals surface area (Å²) in [7, 11) is 0. The summed E-state index contributed by atoms with van der Waals surface area (Å²) < 4.78 is 19.3. The summed E-state index contributed by atoms with van der Waals surface area (Å²) in [6.45, 7) is 0.825. The molecular weight excluding hydrogens is 305 g/mol. The molecule has 1 N–H and O–H groups in total. The van der Waals surface area contributed by atoms with Gasteiger partial charge in [-0.05, 0) is 28.1 Å². The first kappa shape index (κ1) is 13.5. The molecule has 0 aliphatic carbocycles. The first-order valence-corrected chi connectivity index (χ1v) is 6.38. The van der Waals surface area contributed by atoms with Crippen molar-refractivity contribution in [1.29, 1.82) is 0 Å². The van der Waals surface area contributed by atoms with E-state index < -0.39 is 17.8 Å². The Morgan fingerprint density at radius 3 is 3.06 bits per heavy atom. The molecule has 1 aromatic rings. The zero-order chi connectivity index (χ0) is 13.1. The third-order valence-corrected chi connectivity index (χ3v) is 3.54. The highest BCUT2D eigenvalue weighted by molar-refractivity contribution is 9.10. The Morgan fingerprint density at radius 2 is 2.39 bits per heavy atom. The Balaban J connectivity index is 2.30. The Bertz CT molecular complexity index is 435. The zero-order valence-corrected chi connectivity index (χ0v) is 11.2. The molecule has 98 valence electrons. The van der Waals surface area contributed by atoms with Crippen molar-refractivity contribution in [3.05, 3.63) is 34.1 Å². The molecule has 0 bridgehead atoms. The standard InChI is InChI=1S/C12H13BrFNO3/c13-9-2-1-3-10(14)11(9)12(17)15-4-5-18-7-8(15)6-16/h1-3,8,16H,4-7H2. The normalized spacial score (nSPS) is 19.9. The molecule has 6 heteroatoms. The Hall–Kier alpha value is -0.980. The second-order valence-corrected chi connectivity index (χ2v) is 4.86. The van der Waals surface area contributed by atoms with Crippen LogP contribution in [0.4, 0.5) is 4.39 Å². The molecule has 1 saturated heterocycles. The summed E-state index contributed by atoms with van der Waals surface area (Å²) in [4.78, 5) is 13.8. The number of hydrogen-bond donors (Lipinski definition) is 1. The molecule has 1 amide bonds. The molecule has 1 aliphatic heterocycles. The predicted octanol–water partition coefficient (Wildman–Crippen LogP) is 1.42. The van der Waals surface area contributed by atoms with Gasteiger partial charge in [0.15, 0.2) is 0 Å². The second kappa shape index (κ2) is 5.77. The van der Waals surface area contributed by atoms with Gasteiger partial charge in [0.25, 0.3) is 5.91 Å². The van der Waals surface area contributed by atoms with Crippen LogP contribution in [0.5, 0.6) is 0 Å². The van der Waals surface area contributed by atoms with E-state index in [-0.39, 0.29) is 18.8 Å². The first-order valence-electron chi connectivity index (χ1n) is 5.58. The number of morpholine rings is 1. The fourth-order valence-corrected chi connectivity index (χ4v) is 2.43. The molecule has 2 rings (SSSR count). The van der Waals surface area contributed by atoms with E-state index in [1.165, 1.54) is 17.0 Å². The molecule has 1 unspecified atom stereocenters. The number of ether oxygens (including phenoxy) is 1. The van der Waals surface area contributed by atoms with Crippen molar-refractivity contribution in [2.45, 2.75) is 6.04 Å². The van der Waals surface area contributed by atoms with Gasteiger partial charge in [-0.3, -0.25) is 4.79 Å². The molecule has 0 radical (unpaired) electrons. The molecule has 1 aliphatic rings.